The Hall–Kier alpha value is -2.23. The Balaban J connectivity index is 2.72. The molecule has 1 rings (SSSR count). The summed E-state index contributed by atoms with van der Waals surface area (Å²) in [4.78, 5) is 10.8. The van der Waals surface area contributed by atoms with Gasteiger partial charge in [-0.15, -0.1) is 0 Å². The van der Waals surface area contributed by atoms with Crippen LogP contribution in [-0.4, -0.2) is 25.3 Å². The highest BCUT2D eigenvalue weighted by Crippen LogP contribution is 2.26. The van der Waals surface area contributed by atoms with Crippen molar-refractivity contribution in [2.24, 2.45) is 0 Å². The van der Waals surface area contributed by atoms with Gasteiger partial charge in [-0.05, 0) is 17.7 Å². The van der Waals surface area contributed by atoms with Crippen LogP contribution < -0.4 is 4.74 Å². The molecule has 1 aromatic carbocycles. The predicted octanol–water partition coefficient (Wildman–Crippen LogP) is 2.14. The first-order valence-electron chi connectivity index (χ1n) is 4.97. The van der Waals surface area contributed by atoms with Crippen LogP contribution in [0, 0.1) is 0 Å². The molecule has 0 amide bonds. The van der Waals surface area contributed by atoms with Crippen molar-refractivity contribution in [3.05, 3.63) is 42.0 Å². The van der Waals surface area contributed by atoms with E-state index in [2.05, 4.69) is 4.74 Å². The first-order chi connectivity index (χ1) is 8.17. The summed E-state index contributed by atoms with van der Waals surface area (Å²) in [6, 6.07) is 4.97. The fourth-order valence-corrected chi connectivity index (χ4v) is 1.17. The predicted molar refractivity (Wildman–Crippen MR) is 64.8 cm³/mol. The van der Waals surface area contributed by atoms with Gasteiger partial charge in [0.05, 0.1) is 14.2 Å². The largest absolute Gasteiger partial charge is 0.504 e. The Morgan fingerprint density at radius 3 is 2.71 bits per heavy atom. The maximum Gasteiger partial charge on any atom is 0.330 e. The van der Waals surface area contributed by atoms with Crippen molar-refractivity contribution in [3.8, 4) is 11.5 Å². The highest BCUT2D eigenvalue weighted by atomic mass is 16.5. The molecule has 0 radical (unpaired) electrons. The van der Waals surface area contributed by atoms with Gasteiger partial charge in [-0.3, -0.25) is 0 Å². The van der Waals surface area contributed by atoms with E-state index in [0.29, 0.717) is 5.75 Å². The Morgan fingerprint density at radius 2 is 2.06 bits per heavy atom. The van der Waals surface area contributed by atoms with Gasteiger partial charge in [-0.1, -0.05) is 24.3 Å². The lowest BCUT2D eigenvalue weighted by Gasteiger charge is -2.03. The van der Waals surface area contributed by atoms with Crippen molar-refractivity contribution in [2.75, 3.05) is 14.2 Å². The van der Waals surface area contributed by atoms with E-state index in [1.807, 2.05) is 0 Å². The van der Waals surface area contributed by atoms with Gasteiger partial charge < -0.3 is 14.6 Å². The molecule has 4 nitrogen and oxygen atoms in total. The zero-order chi connectivity index (χ0) is 12.7. The molecule has 0 aliphatic rings. The third-order valence-corrected chi connectivity index (χ3v) is 2.04. The van der Waals surface area contributed by atoms with E-state index < -0.39 is 5.97 Å². The van der Waals surface area contributed by atoms with E-state index in [0.717, 1.165) is 5.56 Å². The van der Waals surface area contributed by atoms with Crippen LogP contribution in [0.1, 0.15) is 5.56 Å². The minimum Gasteiger partial charge on any atom is -0.504 e. The van der Waals surface area contributed by atoms with Gasteiger partial charge in [-0.2, -0.15) is 0 Å². The van der Waals surface area contributed by atoms with E-state index >= 15 is 0 Å². The normalized spacial score (nSPS) is 10.9. The summed E-state index contributed by atoms with van der Waals surface area (Å²) in [5, 5.41) is 9.39. The number of aromatic hydroxyl groups is 1. The zero-order valence-electron chi connectivity index (χ0n) is 9.71. The van der Waals surface area contributed by atoms with Gasteiger partial charge in [-0.25, -0.2) is 4.79 Å². The molecule has 0 spiro atoms. The molecule has 0 saturated carbocycles. The van der Waals surface area contributed by atoms with Gasteiger partial charge >= 0.3 is 5.97 Å². The Kier molecular flexibility index (Phi) is 4.81. The molecule has 1 N–H and O–H groups in total. The van der Waals surface area contributed by atoms with Crippen LogP contribution in [0.4, 0.5) is 0 Å². The Morgan fingerprint density at radius 1 is 1.29 bits per heavy atom. The van der Waals surface area contributed by atoms with Crippen molar-refractivity contribution >= 4 is 12.0 Å². The van der Waals surface area contributed by atoms with Crippen molar-refractivity contribution < 1.29 is 19.4 Å². The second-order valence-corrected chi connectivity index (χ2v) is 3.17. The molecule has 0 bridgehead atoms. The van der Waals surface area contributed by atoms with Crippen LogP contribution in [0.15, 0.2) is 36.4 Å². The molecule has 0 unspecified atom stereocenters. The first kappa shape index (κ1) is 12.8. The van der Waals surface area contributed by atoms with Crippen molar-refractivity contribution in [3.63, 3.8) is 0 Å². The third-order valence-electron chi connectivity index (χ3n) is 2.04. The van der Waals surface area contributed by atoms with Gasteiger partial charge in [0.1, 0.15) is 0 Å². The number of hydrogen-bond acceptors (Lipinski definition) is 4. The van der Waals surface area contributed by atoms with Crippen molar-refractivity contribution in [1.82, 2.24) is 0 Å². The van der Waals surface area contributed by atoms with Gasteiger partial charge in [0.2, 0.25) is 0 Å². The lowest BCUT2D eigenvalue weighted by molar-refractivity contribution is -0.134. The van der Waals surface area contributed by atoms with E-state index in [1.54, 1.807) is 36.4 Å². The minimum atomic E-state index is -0.405. The van der Waals surface area contributed by atoms with Crippen LogP contribution in [0.3, 0.4) is 0 Å². The van der Waals surface area contributed by atoms with Crippen LogP contribution in [0.5, 0.6) is 11.5 Å². The lowest BCUT2D eigenvalue weighted by atomic mass is 10.2. The number of benzene rings is 1. The summed E-state index contributed by atoms with van der Waals surface area (Å²) in [6.45, 7) is 0. The Labute approximate surface area is 99.8 Å². The number of rotatable bonds is 4. The highest BCUT2D eigenvalue weighted by Gasteiger charge is 1.99. The second kappa shape index (κ2) is 6.37. The molecule has 4 heteroatoms. The van der Waals surface area contributed by atoms with Crippen LogP contribution in [-0.2, 0) is 9.53 Å². The molecule has 0 heterocycles. The number of phenols is 1. The molecule has 0 atom stereocenters. The van der Waals surface area contributed by atoms with Gasteiger partial charge in [0, 0.05) is 6.08 Å². The number of esters is 1. The summed E-state index contributed by atoms with van der Waals surface area (Å²) in [6.07, 6.45) is 6.36. The molecule has 0 fully saturated rings. The number of carbonyl (C=O) groups excluding carboxylic acids is 1. The fourth-order valence-electron chi connectivity index (χ4n) is 1.17. The zero-order valence-corrected chi connectivity index (χ0v) is 9.71. The van der Waals surface area contributed by atoms with Crippen LogP contribution in [0.25, 0.3) is 6.08 Å². The standard InChI is InChI=1S/C13H14O4/c1-16-12-9-10(7-8-11(12)14)5-3-4-6-13(15)17-2/h3-9,14H,1-2H3/b5-3+,6-4+. The maximum absolute atomic E-state index is 10.8. The number of hydrogen-bond donors (Lipinski definition) is 1. The molecule has 0 aromatic heterocycles. The van der Waals surface area contributed by atoms with Crippen molar-refractivity contribution in [1.29, 1.82) is 0 Å². The minimum absolute atomic E-state index is 0.0924. The quantitative estimate of drug-likeness (QED) is 0.492. The SMILES string of the molecule is COC(=O)/C=C/C=C/c1ccc(O)c(OC)c1. The third kappa shape index (κ3) is 4.03. The number of carbonyl (C=O) groups is 1. The monoisotopic (exact) mass is 234 g/mol. The fraction of sp³-hybridized carbons (Fsp3) is 0.154. The molecule has 0 aliphatic carbocycles. The lowest BCUT2D eigenvalue weighted by Crippen LogP contribution is -1.92. The summed E-state index contributed by atoms with van der Waals surface area (Å²) in [5.74, 6) is 0.0942. The maximum atomic E-state index is 10.8. The summed E-state index contributed by atoms with van der Waals surface area (Å²) >= 11 is 0. The second-order valence-electron chi connectivity index (χ2n) is 3.17. The smallest absolute Gasteiger partial charge is 0.330 e. The number of phenolic OH excluding ortho intramolecular Hbond substituents is 1. The first-order valence-corrected chi connectivity index (χ1v) is 4.97. The van der Waals surface area contributed by atoms with E-state index in [4.69, 9.17) is 4.74 Å². The molecule has 90 valence electrons. The van der Waals surface area contributed by atoms with E-state index in [1.165, 1.54) is 20.3 Å². The number of ether oxygens (including phenoxy) is 2. The molecule has 1 aromatic rings. The van der Waals surface area contributed by atoms with Crippen LogP contribution in [0.2, 0.25) is 0 Å². The summed E-state index contributed by atoms with van der Waals surface area (Å²) in [7, 11) is 2.81. The molecular weight excluding hydrogens is 220 g/mol. The topological polar surface area (TPSA) is 55.8 Å². The van der Waals surface area contributed by atoms with E-state index in [-0.39, 0.29) is 5.75 Å². The average Bonchev–Trinajstić information content (AvgIpc) is 2.36. The van der Waals surface area contributed by atoms with Gasteiger partial charge in [0.25, 0.3) is 0 Å². The molecule has 0 aliphatic heterocycles. The van der Waals surface area contributed by atoms with Gasteiger partial charge in [0.15, 0.2) is 11.5 Å². The van der Waals surface area contributed by atoms with Crippen molar-refractivity contribution in [2.45, 2.75) is 0 Å². The number of allylic oxidation sites excluding steroid dienone is 2. The molecular formula is C13H14O4. The van der Waals surface area contributed by atoms with Crippen LogP contribution >= 0.6 is 0 Å². The Bertz CT molecular complexity index is 447. The average molecular weight is 234 g/mol. The highest BCUT2D eigenvalue weighted by molar-refractivity contribution is 5.82. The number of methoxy groups -OCH3 is 2. The van der Waals surface area contributed by atoms with E-state index in [9.17, 15) is 9.90 Å². The molecule has 0 saturated heterocycles. The molecule has 17 heavy (non-hydrogen) atoms. The summed E-state index contributed by atoms with van der Waals surface area (Å²) in [5.41, 5.74) is 0.856. The summed E-state index contributed by atoms with van der Waals surface area (Å²) < 4.78 is 9.41.